The van der Waals surface area contributed by atoms with Crippen molar-refractivity contribution in [2.24, 2.45) is 0 Å². The van der Waals surface area contributed by atoms with E-state index in [0.717, 1.165) is 17.7 Å². The number of nitrogens with one attached hydrogen (secondary N) is 1. The predicted molar refractivity (Wildman–Crippen MR) is 105 cm³/mol. The van der Waals surface area contributed by atoms with Crippen LogP contribution < -0.4 is 5.32 Å². The molecule has 0 aliphatic carbocycles. The minimum Gasteiger partial charge on any atom is -0.378 e. The second kappa shape index (κ2) is 10.1. The summed E-state index contributed by atoms with van der Waals surface area (Å²) in [7, 11) is 0. The van der Waals surface area contributed by atoms with E-state index in [-0.39, 0.29) is 11.8 Å². The molecule has 1 aromatic carbocycles. The van der Waals surface area contributed by atoms with E-state index in [1.807, 2.05) is 47.4 Å². The van der Waals surface area contributed by atoms with Crippen LogP contribution in [0, 0.1) is 0 Å². The number of carbonyl (C=O) groups excluding carboxylic acids is 2. The lowest BCUT2D eigenvalue weighted by atomic mass is 10.2. The van der Waals surface area contributed by atoms with Gasteiger partial charge in [-0.2, -0.15) is 5.10 Å². The van der Waals surface area contributed by atoms with Crippen molar-refractivity contribution >= 4 is 23.6 Å². The number of aromatic nitrogens is 2. The summed E-state index contributed by atoms with van der Waals surface area (Å²) < 4.78 is 7.05. The Bertz CT molecular complexity index is 744. The highest BCUT2D eigenvalue weighted by Gasteiger charge is 2.16. The lowest BCUT2D eigenvalue weighted by Crippen LogP contribution is -2.41. The lowest BCUT2D eigenvalue weighted by molar-refractivity contribution is -0.132. The Morgan fingerprint density at radius 3 is 2.70 bits per heavy atom. The Kier molecular flexibility index (Phi) is 7.29. The third kappa shape index (κ3) is 6.11. The minimum atomic E-state index is -0.0507. The number of thioether (sulfide) groups is 1. The van der Waals surface area contributed by atoms with Crippen molar-refractivity contribution in [1.29, 1.82) is 0 Å². The molecule has 2 aromatic rings. The summed E-state index contributed by atoms with van der Waals surface area (Å²) in [6, 6.07) is 9.90. The maximum Gasteiger partial charge on any atom is 0.232 e. The molecule has 2 heterocycles. The van der Waals surface area contributed by atoms with Gasteiger partial charge in [0, 0.05) is 25.8 Å². The number of para-hydroxylation sites is 1. The van der Waals surface area contributed by atoms with Crippen LogP contribution in [0.1, 0.15) is 5.56 Å². The number of ether oxygens (including phenoxy) is 1. The first-order chi connectivity index (χ1) is 13.2. The molecule has 27 heavy (non-hydrogen) atoms. The monoisotopic (exact) mass is 388 g/mol. The molecule has 0 unspecified atom stereocenters. The van der Waals surface area contributed by atoms with Gasteiger partial charge in [-0.05, 0) is 24.1 Å². The molecule has 0 radical (unpaired) electrons. The molecule has 0 spiro atoms. The van der Waals surface area contributed by atoms with Crippen LogP contribution in [-0.4, -0.2) is 70.8 Å². The molecule has 1 fully saturated rings. The van der Waals surface area contributed by atoms with Gasteiger partial charge in [0.2, 0.25) is 11.8 Å². The molecule has 1 aliphatic heterocycles. The molecule has 1 saturated heterocycles. The van der Waals surface area contributed by atoms with E-state index in [0.29, 0.717) is 44.4 Å². The van der Waals surface area contributed by atoms with Crippen molar-refractivity contribution in [3.05, 3.63) is 48.3 Å². The number of carbonyl (C=O) groups is 2. The first-order valence-corrected chi connectivity index (χ1v) is 10.2. The highest BCUT2D eigenvalue weighted by Crippen LogP contribution is 2.08. The molecule has 0 atom stereocenters. The van der Waals surface area contributed by atoms with E-state index in [2.05, 4.69) is 10.4 Å². The van der Waals surface area contributed by atoms with E-state index < -0.39 is 0 Å². The van der Waals surface area contributed by atoms with Gasteiger partial charge in [0.25, 0.3) is 0 Å². The van der Waals surface area contributed by atoms with E-state index in [4.69, 9.17) is 4.74 Å². The van der Waals surface area contributed by atoms with Gasteiger partial charge in [0.05, 0.1) is 36.6 Å². The van der Waals surface area contributed by atoms with E-state index >= 15 is 0 Å². The van der Waals surface area contributed by atoms with Crippen molar-refractivity contribution in [1.82, 2.24) is 20.0 Å². The number of amides is 2. The van der Waals surface area contributed by atoms with Crippen LogP contribution in [0.5, 0.6) is 0 Å². The van der Waals surface area contributed by atoms with Gasteiger partial charge in [0.1, 0.15) is 0 Å². The maximum absolute atomic E-state index is 12.0. The summed E-state index contributed by atoms with van der Waals surface area (Å²) in [4.78, 5) is 25.7. The summed E-state index contributed by atoms with van der Waals surface area (Å²) in [6.45, 7) is 3.03. The molecule has 1 aliphatic rings. The van der Waals surface area contributed by atoms with Crippen LogP contribution in [0.2, 0.25) is 0 Å². The number of hydrogen-bond donors (Lipinski definition) is 1. The third-order valence-electron chi connectivity index (χ3n) is 4.22. The summed E-state index contributed by atoms with van der Waals surface area (Å²) in [5.74, 6) is 0.644. The predicted octanol–water partition coefficient (Wildman–Crippen LogP) is 1.12. The molecule has 7 nitrogen and oxygen atoms in total. The quantitative estimate of drug-likeness (QED) is 0.734. The smallest absolute Gasteiger partial charge is 0.232 e. The normalized spacial score (nSPS) is 14.1. The molecular formula is C19H24N4O3S. The second-order valence-electron chi connectivity index (χ2n) is 6.21. The van der Waals surface area contributed by atoms with Gasteiger partial charge in [-0.3, -0.25) is 9.59 Å². The molecule has 1 N–H and O–H groups in total. The number of hydrogen-bond acceptors (Lipinski definition) is 5. The largest absolute Gasteiger partial charge is 0.378 e. The van der Waals surface area contributed by atoms with Crippen molar-refractivity contribution in [2.75, 3.05) is 44.4 Å². The summed E-state index contributed by atoms with van der Waals surface area (Å²) in [5.41, 5.74) is 2.07. The zero-order valence-electron chi connectivity index (χ0n) is 15.2. The molecule has 144 valence electrons. The minimum absolute atomic E-state index is 0.0507. The summed E-state index contributed by atoms with van der Waals surface area (Å²) >= 11 is 1.35. The Morgan fingerprint density at radius 2 is 1.93 bits per heavy atom. The van der Waals surface area contributed by atoms with Gasteiger partial charge in [-0.1, -0.05) is 18.2 Å². The van der Waals surface area contributed by atoms with Crippen LogP contribution in [0.3, 0.4) is 0 Å². The van der Waals surface area contributed by atoms with Crippen molar-refractivity contribution in [2.45, 2.75) is 6.42 Å². The average Bonchev–Trinajstić information content (AvgIpc) is 3.18. The second-order valence-corrected chi connectivity index (χ2v) is 7.20. The van der Waals surface area contributed by atoms with Gasteiger partial charge in [-0.15, -0.1) is 11.8 Å². The highest BCUT2D eigenvalue weighted by molar-refractivity contribution is 8.00. The average molecular weight is 388 g/mol. The fourth-order valence-electron chi connectivity index (χ4n) is 2.74. The molecule has 0 saturated carbocycles. The Labute approximate surface area is 163 Å². The van der Waals surface area contributed by atoms with Gasteiger partial charge < -0.3 is 15.0 Å². The third-order valence-corrected chi connectivity index (χ3v) is 5.13. The standard InChI is InChI=1S/C19H24N4O3S/c24-18(14-27-15-19(25)22-8-10-26-11-9-22)20-7-6-16-12-21-23(13-16)17-4-2-1-3-5-17/h1-5,12-13H,6-11,14-15H2,(H,20,24). The number of morpholine rings is 1. The molecular weight excluding hydrogens is 364 g/mol. The van der Waals surface area contributed by atoms with Crippen LogP contribution in [-0.2, 0) is 20.7 Å². The molecule has 2 amide bonds. The first kappa shape index (κ1) is 19.4. The van der Waals surface area contributed by atoms with E-state index in [9.17, 15) is 9.59 Å². The van der Waals surface area contributed by atoms with Crippen LogP contribution in [0.25, 0.3) is 5.69 Å². The van der Waals surface area contributed by atoms with Crippen molar-refractivity contribution in [3.8, 4) is 5.69 Å². The number of rotatable bonds is 8. The van der Waals surface area contributed by atoms with Gasteiger partial charge in [0.15, 0.2) is 0 Å². The first-order valence-electron chi connectivity index (χ1n) is 9.01. The highest BCUT2D eigenvalue weighted by atomic mass is 32.2. The zero-order chi connectivity index (χ0) is 18.9. The maximum atomic E-state index is 12.0. The van der Waals surface area contributed by atoms with E-state index in [1.54, 1.807) is 4.90 Å². The van der Waals surface area contributed by atoms with Crippen molar-refractivity contribution in [3.63, 3.8) is 0 Å². The molecule has 0 bridgehead atoms. The van der Waals surface area contributed by atoms with Crippen LogP contribution in [0.4, 0.5) is 0 Å². The zero-order valence-corrected chi connectivity index (χ0v) is 16.0. The van der Waals surface area contributed by atoms with Crippen LogP contribution >= 0.6 is 11.8 Å². The van der Waals surface area contributed by atoms with E-state index in [1.165, 1.54) is 11.8 Å². The van der Waals surface area contributed by atoms with Crippen molar-refractivity contribution < 1.29 is 14.3 Å². The summed E-state index contributed by atoms with van der Waals surface area (Å²) in [6.07, 6.45) is 4.50. The molecule has 8 heteroatoms. The SMILES string of the molecule is O=C(CSCC(=O)N1CCOCC1)NCCc1cnn(-c2ccccc2)c1. The number of nitrogens with zero attached hydrogens (tertiary/aromatic N) is 3. The Morgan fingerprint density at radius 1 is 1.15 bits per heavy atom. The van der Waals surface area contributed by atoms with Gasteiger partial charge in [-0.25, -0.2) is 4.68 Å². The molecule has 3 rings (SSSR count). The Balaban J connectivity index is 1.31. The topological polar surface area (TPSA) is 76.5 Å². The Hall–Kier alpha value is -2.32. The van der Waals surface area contributed by atoms with Gasteiger partial charge >= 0.3 is 0 Å². The fourth-order valence-corrected chi connectivity index (χ4v) is 3.49. The molecule has 1 aromatic heterocycles. The fraction of sp³-hybridized carbons (Fsp3) is 0.421. The number of benzene rings is 1. The summed E-state index contributed by atoms with van der Waals surface area (Å²) in [5, 5.41) is 7.24. The lowest BCUT2D eigenvalue weighted by Gasteiger charge is -2.26. The van der Waals surface area contributed by atoms with Crippen LogP contribution in [0.15, 0.2) is 42.7 Å².